The molecule has 4 N–H and O–H groups in total. The van der Waals surface area contributed by atoms with Gasteiger partial charge < -0.3 is 20.9 Å². The molecule has 0 saturated heterocycles. The Hall–Kier alpha value is -1.89. The van der Waals surface area contributed by atoms with E-state index in [9.17, 15) is 9.59 Å². The number of carbonyl (C=O) groups excluding carboxylic acids is 2. The van der Waals surface area contributed by atoms with E-state index in [4.69, 9.17) is 5.73 Å². The standard InChI is InChI=1S/C15H25N5O2/c1-10(2)14(16)15(22)18-8-13(21)17-7-11-9-20-6-4-3-5-12(20)19-11/h9-10,14H,3-8,16H2,1-2H3,(H,17,21)(H,18,22)/t14-/m0/s1. The Morgan fingerprint density at radius 2 is 2.14 bits per heavy atom. The Morgan fingerprint density at radius 1 is 1.36 bits per heavy atom. The molecule has 0 aromatic carbocycles. The van der Waals surface area contributed by atoms with Gasteiger partial charge in [0.25, 0.3) is 0 Å². The van der Waals surface area contributed by atoms with Gasteiger partial charge in [0.15, 0.2) is 0 Å². The first-order valence-corrected chi connectivity index (χ1v) is 7.82. The lowest BCUT2D eigenvalue weighted by molar-refractivity contribution is -0.127. The van der Waals surface area contributed by atoms with Crippen LogP contribution in [0.5, 0.6) is 0 Å². The minimum absolute atomic E-state index is 0.0416. The van der Waals surface area contributed by atoms with Gasteiger partial charge in [0.2, 0.25) is 11.8 Å². The first kappa shape index (κ1) is 16.5. The Bertz CT molecular complexity index is 515. The van der Waals surface area contributed by atoms with Crippen molar-refractivity contribution in [3.8, 4) is 0 Å². The van der Waals surface area contributed by atoms with Gasteiger partial charge in [-0.25, -0.2) is 4.98 Å². The maximum Gasteiger partial charge on any atom is 0.239 e. The summed E-state index contributed by atoms with van der Waals surface area (Å²) in [7, 11) is 0. The average molecular weight is 307 g/mol. The van der Waals surface area contributed by atoms with Crippen LogP contribution in [0.4, 0.5) is 0 Å². The highest BCUT2D eigenvalue weighted by molar-refractivity contribution is 5.87. The van der Waals surface area contributed by atoms with Gasteiger partial charge in [0.05, 0.1) is 24.8 Å². The Kier molecular flexibility index (Phi) is 5.54. The molecular weight excluding hydrogens is 282 g/mol. The van der Waals surface area contributed by atoms with E-state index in [0.717, 1.165) is 24.5 Å². The van der Waals surface area contributed by atoms with Crippen LogP contribution in [0, 0.1) is 5.92 Å². The number of hydrogen-bond acceptors (Lipinski definition) is 4. The van der Waals surface area contributed by atoms with Gasteiger partial charge in [-0.2, -0.15) is 0 Å². The van der Waals surface area contributed by atoms with Crippen LogP contribution in [0.1, 0.15) is 38.2 Å². The van der Waals surface area contributed by atoms with Gasteiger partial charge in [-0.3, -0.25) is 9.59 Å². The van der Waals surface area contributed by atoms with Crippen LogP contribution in [0.3, 0.4) is 0 Å². The van der Waals surface area contributed by atoms with E-state index in [1.807, 2.05) is 20.0 Å². The maximum absolute atomic E-state index is 11.8. The van der Waals surface area contributed by atoms with E-state index >= 15 is 0 Å². The minimum atomic E-state index is -0.590. The highest BCUT2D eigenvalue weighted by Gasteiger charge is 2.17. The number of aryl methyl sites for hydroxylation is 2. The second-order valence-electron chi connectivity index (χ2n) is 6.06. The van der Waals surface area contributed by atoms with Crippen LogP contribution < -0.4 is 16.4 Å². The average Bonchev–Trinajstić information content (AvgIpc) is 2.92. The number of nitrogens with zero attached hydrogens (tertiary/aromatic N) is 2. The van der Waals surface area contributed by atoms with Crippen LogP contribution >= 0.6 is 0 Å². The molecule has 7 nitrogen and oxygen atoms in total. The van der Waals surface area contributed by atoms with Gasteiger partial charge in [0, 0.05) is 19.2 Å². The van der Waals surface area contributed by atoms with E-state index in [0.29, 0.717) is 6.54 Å². The topological polar surface area (TPSA) is 102 Å². The lowest BCUT2D eigenvalue weighted by Crippen LogP contribution is -2.47. The minimum Gasteiger partial charge on any atom is -0.349 e. The molecule has 2 heterocycles. The van der Waals surface area contributed by atoms with Gasteiger partial charge >= 0.3 is 0 Å². The van der Waals surface area contributed by atoms with Crippen LogP contribution in [-0.4, -0.2) is 34.0 Å². The van der Waals surface area contributed by atoms with Crippen LogP contribution in [0.15, 0.2) is 6.20 Å². The second-order valence-corrected chi connectivity index (χ2v) is 6.06. The quantitative estimate of drug-likeness (QED) is 0.685. The van der Waals surface area contributed by atoms with Crippen LogP contribution in [0.25, 0.3) is 0 Å². The molecule has 0 fully saturated rings. The fraction of sp³-hybridized carbons (Fsp3) is 0.667. The van der Waals surface area contributed by atoms with E-state index < -0.39 is 6.04 Å². The predicted octanol–water partition coefficient (Wildman–Crippen LogP) is -0.0649. The number of aromatic nitrogens is 2. The third-order valence-corrected chi connectivity index (χ3v) is 3.87. The van der Waals surface area contributed by atoms with Crippen LogP contribution in [0.2, 0.25) is 0 Å². The molecule has 0 spiro atoms. The number of imidazole rings is 1. The van der Waals surface area contributed by atoms with E-state index in [-0.39, 0.29) is 24.3 Å². The molecule has 2 amide bonds. The molecular formula is C15H25N5O2. The number of nitrogens with one attached hydrogen (secondary N) is 2. The van der Waals surface area contributed by atoms with Crippen molar-refractivity contribution in [3.05, 3.63) is 17.7 Å². The summed E-state index contributed by atoms with van der Waals surface area (Å²) in [5.41, 5.74) is 6.57. The third-order valence-electron chi connectivity index (χ3n) is 3.87. The number of amides is 2. The van der Waals surface area contributed by atoms with Crippen molar-refractivity contribution in [2.24, 2.45) is 11.7 Å². The summed E-state index contributed by atoms with van der Waals surface area (Å²) in [6.45, 7) is 5.05. The molecule has 1 atom stereocenters. The SMILES string of the molecule is CC(C)[C@H](N)C(=O)NCC(=O)NCc1cn2c(n1)CCCC2. The number of carbonyl (C=O) groups is 2. The van der Waals surface area contributed by atoms with Crippen molar-refractivity contribution in [3.63, 3.8) is 0 Å². The maximum atomic E-state index is 11.8. The highest BCUT2D eigenvalue weighted by Crippen LogP contribution is 2.14. The lowest BCUT2D eigenvalue weighted by atomic mass is 10.1. The third kappa shape index (κ3) is 4.30. The zero-order valence-electron chi connectivity index (χ0n) is 13.3. The smallest absolute Gasteiger partial charge is 0.239 e. The van der Waals surface area contributed by atoms with Crippen molar-refractivity contribution in [1.29, 1.82) is 0 Å². The monoisotopic (exact) mass is 307 g/mol. The summed E-state index contributed by atoms with van der Waals surface area (Å²) in [5.74, 6) is 0.588. The number of nitrogens with two attached hydrogens (primary N) is 1. The molecule has 22 heavy (non-hydrogen) atoms. The zero-order valence-corrected chi connectivity index (χ0v) is 13.3. The molecule has 0 bridgehead atoms. The molecule has 0 radical (unpaired) electrons. The van der Waals surface area contributed by atoms with Gasteiger partial charge in [-0.05, 0) is 18.8 Å². The summed E-state index contributed by atoms with van der Waals surface area (Å²) in [4.78, 5) is 27.9. The fourth-order valence-corrected chi connectivity index (χ4v) is 2.40. The largest absolute Gasteiger partial charge is 0.349 e. The van der Waals surface area contributed by atoms with Gasteiger partial charge in [-0.1, -0.05) is 13.8 Å². The summed E-state index contributed by atoms with van der Waals surface area (Å²) < 4.78 is 2.15. The second kappa shape index (κ2) is 7.40. The molecule has 122 valence electrons. The molecule has 1 aliphatic rings. The summed E-state index contributed by atoms with van der Waals surface area (Å²) in [5, 5.41) is 5.31. The van der Waals surface area contributed by atoms with Crippen molar-refractivity contribution in [2.75, 3.05) is 6.54 Å². The predicted molar refractivity (Wildman–Crippen MR) is 82.8 cm³/mol. The van der Waals surface area contributed by atoms with Crippen molar-refractivity contribution in [1.82, 2.24) is 20.2 Å². The molecule has 2 rings (SSSR count). The van der Waals surface area contributed by atoms with E-state index in [1.165, 1.54) is 12.8 Å². The normalized spacial score (nSPS) is 15.3. The zero-order chi connectivity index (χ0) is 16.1. The van der Waals surface area contributed by atoms with Gasteiger partial charge in [0.1, 0.15) is 5.82 Å². The number of rotatable bonds is 6. The fourth-order valence-electron chi connectivity index (χ4n) is 2.40. The molecule has 1 aromatic rings. The molecule has 0 unspecified atom stereocenters. The molecule has 1 aliphatic heterocycles. The lowest BCUT2D eigenvalue weighted by Gasteiger charge is -2.14. The van der Waals surface area contributed by atoms with E-state index in [1.54, 1.807) is 0 Å². The summed E-state index contributed by atoms with van der Waals surface area (Å²) >= 11 is 0. The molecule has 7 heteroatoms. The van der Waals surface area contributed by atoms with Crippen molar-refractivity contribution in [2.45, 2.75) is 52.2 Å². The summed E-state index contributed by atoms with van der Waals surface area (Å²) in [6, 6.07) is -0.590. The Balaban J connectivity index is 1.74. The molecule has 0 aliphatic carbocycles. The van der Waals surface area contributed by atoms with E-state index in [2.05, 4.69) is 20.2 Å². The van der Waals surface area contributed by atoms with Crippen LogP contribution in [-0.2, 0) is 29.1 Å². The molecule has 1 aromatic heterocycles. The molecule has 0 saturated carbocycles. The highest BCUT2D eigenvalue weighted by atomic mass is 16.2. The van der Waals surface area contributed by atoms with Crippen molar-refractivity contribution >= 4 is 11.8 Å². The first-order valence-electron chi connectivity index (χ1n) is 7.82. The Morgan fingerprint density at radius 3 is 2.82 bits per heavy atom. The number of hydrogen-bond donors (Lipinski definition) is 3. The Labute approximate surface area is 130 Å². The summed E-state index contributed by atoms with van der Waals surface area (Å²) in [6.07, 6.45) is 5.33. The van der Waals surface area contributed by atoms with Gasteiger partial charge in [-0.15, -0.1) is 0 Å². The van der Waals surface area contributed by atoms with Crippen molar-refractivity contribution < 1.29 is 9.59 Å². The number of fused-ring (bicyclic) bond motifs is 1. The first-order chi connectivity index (χ1) is 10.5.